The van der Waals surface area contributed by atoms with E-state index in [9.17, 15) is 0 Å². The highest BCUT2D eigenvalue weighted by atomic mass is 16.5. The first kappa shape index (κ1) is 12.5. The molecule has 0 unspecified atom stereocenters. The van der Waals surface area contributed by atoms with Crippen molar-refractivity contribution in [2.45, 2.75) is 0 Å². The van der Waals surface area contributed by atoms with E-state index >= 15 is 0 Å². The van der Waals surface area contributed by atoms with E-state index in [0.29, 0.717) is 0 Å². The highest BCUT2D eigenvalue weighted by Crippen LogP contribution is 2.21. The van der Waals surface area contributed by atoms with Crippen LogP contribution in [0.1, 0.15) is 5.56 Å². The molecule has 0 bridgehead atoms. The molecule has 0 radical (unpaired) electrons. The summed E-state index contributed by atoms with van der Waals surface area (Å²) in [5.41, 5.74) is 2.23. The number of anilines is 1. The lowest BCUT2D eigenvalue weighted by Crippen LogP contribution is -2.33. The highest BCUT2D eigenvalue weighted by molar-refractivity contribution is 6.10. The third-order valence-corrected chi connectivity index (χ3v) is 3.26. The van der Waals surface area contributed by atoms with Gasteiger partial charge in [0.2, 0.25) is 0 Å². The van der Waals surface area contributed by atoms with Crippen LogP contribution in [0.25, 0.3) is 0 Å². The fraction of sp³-hybridized carbons (Fsp3) is 0.118. The molecule has 3 nitrogen and oxygen atoms in total. The van der Waals surface area contributed by atoms with Gasteiger partial charge in [0.05, 0.1) is 7.11 Å². The minimum Gasteiger partial charge on any atom is -0.497 e. The van der Waals surface area contributed by atoms with Crippen LogP contribution in [0, 0.1) is 0 Å². The Labute approximate surface area is 118 Å². The molecule has 0 N–H and O–H groups in total. The van der Waals surface area contributed by atoms with Crippen molar-refractivity contribution in [2.24, 2.45) is 4.99 Å². The van der Waals surface area contributed by atoms with Crippen molar-refractivity contribution in [3.63, 3.8) is 0 Å². The van der Waals surface area contributed by atoms with E-state index in [0.717, 1.165) is 29.4 Å². The van der Waals surface area contributed by atoms with Gasteiger partial charge in [-0.15, -0.1) is 0 Å². The van der Waals surface area contributed by atoms with Crippen molar-refractivity contribution >= 4 is 11.5 Å². The van der Waals surface area contributed by atoms with Gasteiger partial charge >= 0.3 is 0 Å². The van der Waals surface area contributed by atoms with E-state index in [1.54, 1.807) is 7.11 Å². The third kappa shape index (κ3) is 2.43. The monoisotopic (exact) mass is 264 g/mol. The molecular weight excluding hydrogens is 248 g/mol. The second-order valence-corrected chi connectivity index (χ2v) is 4.51. The fourth-order valence-electron chi connectivity index (χ4n) is 2.24. The van der Waals surface area contributed by atoms with Gasteiger partial charge in [-0.05, 0) is 42.5 Å². The molecule has 2 aromatic carbocycles. The first-order chi connectivity index (χ1) is 9.88. The lowest BCUT2D eigenvalue weighted by Gasteiger charge is -2.27. The molecule has 0 atom stereocenters. The Morgan fingerprint density at radius 3 is 2.45 bits per heavy atom. The Bertz CT molecular complexity index is 630. The minimum atomic E-state index is 0.828. The molecule has 0 fully saturated rings. The number of amidine groups is 1. The number of methoxy groups -OCH3 is 1. The van der Waals surface area contributed by atoms with Crippen LogP contribution in [0.5, 0.6) is 5.75 Å². The summed E-state index contributed by atoms with van der Waals surface area (Å²) in [5.74, 6) is 1.81. The molecule has 0 spiro atoms. The quantitative estimate of drug-likeness (QED) is 0.848. The average Bonchev–Trinajstić information content (AvgIpc) is 2.56. The SMILES string of the molecule is COc1ccc(C2=NC=CCN2c2ccccc2)cc1. The summed E-state index contributed by atoms with van der Waals surface area (Å²) >= 11 is 0. The molecule has 3 rings (SSSR count). The number of rotatable bonds is 3. The molecular formula is C17H16N2O. The van der Waals surface area contributed by atoms with Crippen LogP contribution in [0.3, 0.4) is 0 Å². The van der Waals surface area contributed by atoms with Gasteiger partial charge < -0.3 is 9.64 Å². The molecule has 2 aromatic rings. The predicted octanol–water partition coefficient (Wildman–Crippen LogP) is 3.48. The van der Waals surface area contributed by atoms with Crippen LogP contribution < -0.4 is 9.64 Å². The van der Waals surface area contributed by atoms with Crippen molar-refractivity contribution in [1.29, 1.82) is 0 Å². The van der Waals surface area contributed by atoms with Gasteiger partial charge in [-0.1, -0.05) is 18.2 Å². The Hall–Kier alpha value is -2.55. The zero-order chi connectivity index (χ0) is 13.8. The van der Waals surface area contributed by atoms with Gasteiger partial charge in [-0.2, -0.15) is 0 Å². The zero-order valence-electron chi connectivity index (χ0n) is 11.4. The van der Waals surface area contributed by atoms with Gasteiger partial charge in [0, 0.05) is 24.0 Å². The predicted molar refractivity (Wildman–Crippen MR) is 82.5 cm³/mol. The molecule has 0 aliphatic carbocycles. The van der Waals surface area contributed by atoms with Crippen molar-refractivity contribution in [1.82, 2.24) is 0 Å². The Balaban J connectivity index is 1.96. The van der Waals surface area contributed by atoms with Crippen molar-refractivity contribution in [2.75, 3.05) is 18.6 Å². The molecule has 100 valence electrons. The Kier molecular flexibility index (Phi) is 3.50. The summed E-state index contributed by atoms with van der Waals surface area (Å²) in [6.45, 7) is 0.828. The van der Waals surface area contributed by atoms with E-state index in [4.69, 9.17) is 4.74 Å². The average molecular weight is 264 g/mol. The van der Waals surface area contributed by atoms with E-state index in [2.05, 4.69) is 28.1 Å². The van der Waals surface area contributed by atoms with Crippen LogP contribution in [0.2, 0.25) is 0 Å². The number of benzene rings is 2. The number of nitrogens with zero attached hydrogens (tertiary/aromatic N) is 2. The lowest BCUT2D eigenvalue weighted by molar-refractivity contribution is 0.415. The molecule has 0 saturated carbocycles. The van der Waals surface area contributed by atoms with Gasteiger partial charge in [-0.25, -0.2) is 4.99 Å². The van der Waals surface area contributed by atoms with Crippen molar-refractivity contribution in [3.8, 4) is 5.75 Å². The standard InChI is InChI=1S/C17H16N2O/c1-20-16-10-8-14(9-11-16)17-18-12-5-13-19(17)15-6-3-2-4-7-15/h2-12H,13H2,1H3. The minimum absolute atomic E-state index is 0.828. The van der Waals surface area contributed by atoms with Gasteiger partial charge in [0.15, 0.2) is 0 Å². The summed E-state index contributed by atoms with van der Waals surface area (Å²) in [4.78, 5) is 6.73. The van der Waals surface area contributed by atoms with E-state index in [1.165, 1.54) is 0 Å². The maximum absolute atomic E-state index is 5.20. The Morgan fingerprint density at radius 1 is 1.00 bits per heavy atom. The third-order valence-electron chi connectivity index (χ3n) is 3.26. The molecule has 3 heteroatoms. The first-order valence-corrected chi connectivity index (χ1v) is 6.58. The summed E-state index contributed by atoms with van der Waals surface area (Å²) in [5, 5.41) is 0. The van der Waals surface area contributed by atoms with Gasteiger partial charge in [0.1, 0.15) is 11.6 Å². The van der Waals surface area contributed by atoms with Gasteiger partial charge in [0.25, 0.3) is 0 Å². The number of hydrogen-bond acceptors (Lipinski definition) is 3. The summed E-state index contributed by atoms with van der Waals surface area (Å²) < 4.78 is 5.20. The molecule has 1 heterocycles. The van der Waals surface area contributed by atoms with Crippen molar-refractivity contribution < 1.29 is 4.74 Å². The molecule has 1 aliphatic heterocycles. The highest BCUT2D eigenvalue weighted by Gasteiger charge is 2.16. The smallest absolute Gasteiger partial charge is 0.140 e. The maximum Gasteiger partial charge on any atom is 0.140 e. The largest absolute Gasteiger partial charge is 0.497 e. The fourth-order valence-corrected chi connectivity index (χ4v) is 2.24. The molecule has 1 aliphatic rings. The van der Waals surface area contributed by atoms with E-state index < -0.39 is 0 Å². The topological polar surface area (TPSA) is 24.8 Å². The molecule has 0 saturated heterocycles. The van der Waals surface area contributed by atoms with Crippen LogP contribution in [-0.4, -0.2) is 19.5 Å². The molecule has 20 heavy (non-hydrogen) atoms. The summed E-state index contributed by atoms with van der Waals surface area (Å²) in [7, 11) is 1.67. The second kappa shape index (κ2) is 5.61. The number of ether oxygens (including phenoxy) is 1. The maximum atomic E-state index is 5.20. The molecule has 0 aromatic heterocycles. The normalized spacial score (nSPS) is 14.1. The van der Waals surface area contributed by atoms with Crippen LogP contribution in [0.4, 0.5) is 5.69 Å². The number of para-hydroxylation sites is 1. The Morgan fingerprint density at radius 2 is 1.75 bits per heavy atom. The van der Waals surface area contributed by atoms with Crippen molar-refractivity contribution in [3.05, 3.63) is 72.4 Å². The number of aliphatic imine (C=N–C) groups is 1. The second-order valence-electron chi connectivity index (χ2n) is 4.51. The first-order valence-electron chi connectivity index (χ1n) is 6.58. The van der Waals surface area contributed by atoms with Crippen LogP contribution in [-0.2, 0) is 0 Å². The van der Waals surface area contributed by atoms with Crippen LogP contribution >= 0.6 is 0 Å². The number of hydrogen-bond donors (Lipinski definition) is 0. The molecule has 0 amide bonds. The lowest BCUT2D eigenvalue weighted by atomic mass is 10.1. The van der Waals surface area contributed by atoms with Crippen LogP contribution in [0.15, 0.2) is 71.9 Å². The van der Waals surface area contributed by atoms with E-state index in [1.807, 2.05) is 48.7 Å². The van der Waals surface area contributed by atoms with E-state index in [-0.39, 0.29) is 0 Å². The summed E-state index contributed by atoms with van der Waals surface area (Å²) in [6.07, 6.45) is 3.92. The van der Waals surface area contributed by atoms with Gasteiger partial charge in [-0.3, -0.25) is 0 Å². The summed E-state index contributed by atoms with van der Waals surface area (Å²) in [6, 6.07) is 18.3. The zero-order valence-corrected chi connectivity index (χ0v) is 11.4.